The molecule has 5 nitrogen and oxygen atoms in total. The van der Waals surface area contributed by atoms with Gasteiger partial charge in [-0.25, -0.2) is 0 Å². The Morgan fingerprint density at radius 3 is 2.86 bits per heavy atom. The van der Waals surface area contributed by atoms with E-state index in [4.69, 9.17) is 9.15 Å². The number of carbonyl (C=O) groups excluding carboxylic acids is 1. The number of fused-ring (bicyclic) bond motifs is 1. The van der Waals surface area contributed by atoms with Gasteiger partial charge in [-0.15, -0.1) is 0 Å². The number of carbonyl (C=O) groups is 1. The standard InChI is InChI=1S/C24H34N2O3/c1-28-17-24(27)25-19-10-8-18(9-11-19)12-15-26-14-3-2-6-22(26)20-13-16-29-23-7-4-5-21(20)23/h4-5,7,13,16,18-19,22H,2-3,6,8-12,14-15,17H2,1H3,(H,25,27)/t18-,19-,22?. The Hall–Kier alpha value is -1.85. The van der Waals surface area contributed by atoms with E-state index in [0.29, 0.717) is 12.1 Å². The summed E-state index contributed by atoms with van der Waals surface area (Å²) in [6, 6.07) is 9.37. The largest absolute Gasteiger partial charge is 0.464 e. The SMILES string of the molecule is COCC(=O)N[C@H]1CC[C@H](CCN2CCCCC2c2ccoc3cccc2-3)CC1. The average Bonchev–Trinajstić information content (AvgIpc) is 3.23. The Bertz CT molecular complexity index is 750. The molecule has 4 rings (SSSR count). The highest BCUT2D eigenvalue weighted by Gasteiger charge is 2.29. The van der Waals surface area contributed by atoms with E-state index in [2.05, 4.69) is 34.5 Å². The summed E-state index contributed by atoms with van der Waals surface area (Å²) in [5.41, 5.74) is 2.71. The van der Waals surface area contributed by atoms with Crippen molar-refractivity contribution in [1.82, 2.24) is 10.2 Å². The molecule has 5 heteroatoms. The molecule has 1 unspecified atom stereocenters. The summed E-state index contributed by atoms with van der Waals surface area (Å²) in [6.07, 6.45) is 11.6. The molecule has 0 aromatic carbocycles. The minimum absolute atomic E-state index is 0.0144. The number of methoxy groups -OCH3 is 1. The molecule has 0 bridgehead atoms. The maximum absolute atomic E-state index is 11.7. The maximum atomic E-state index is 11.7. The number of nitrogens with zero attached hydrogens (tertiary/aromatic N) is 1. The van der Waals surface area contributed by atoms with Crippen LogP contribution in [0.15, 0.2) is 34.9 Å². The Balaban J connectivity index is 1.30. The second-order valence-corrected chi connectivity index (χ2v) is 8.73. The normalized spacial score (nSPS) is 25.9. The number of ether oxygens (including phenoxy) is 1. The minimum Gasteiger partial charge on any atom is -0.464 e. The molecule has 1 amide bonds. The lowest BCUT2D eigenvalue weighted by Gasteiger charge is -2.38. The van der Waals surface area contributed by atoms with Crippen LogP contribution in [0.3, 0.4) is 0 Å². The third kappa shape index (κ3) is 5.01. The van der Waals surface area contributed by atoms with Gasteiger partial charge in [0.25, 0.3) is 0 Å². The summed E-state index contributed by atoms with van der Waals surface area (Å²) in [6.45, 7) is 2.53. The molecule has 2 aliphatic heterocycles. The molecule has 0 aromatic rings. The van der Waals surface area contributed by atoms with Gasteiger partial charge in [0.05, 0.1) is 6.26 Å². The number of rotatable bonds is 7. The van der Waals surface area contributed by atoms with Crippen molar-refractivity contribution in [1.29, 1.82) is 0 Å². The smallest absolute Gasteiger partial charge is 0.246 e. The first-order chi connectivity index (χ1) is 14.2. The third-order valence-electron chi connectivity index (χ3n) is 6.81. The molecule has 4 aliphatic rings. The van der Waals surface area contributed by atoms with Crippen molar-refractivity contribution in [3.05, 3.63) is 36.1 Å². The first kappa shape index (κ1) is 20.4. The first-order valence-corrected chi connectivity index (χ1v) is 11.2. The van der Waals surface area contributed by atoms with Gasteiger partial charge in [0, 0.05) is 24.8 Å². The van der Waals surface area contributed by atoms with Gasteiger partial charge in [-0.3, -0.25) is 9.69 Å². The molecule has 0 radical (unpaired) electrons. The number of likely N-dealkylation sites (tertiary alicyclic amines) is 1. The van der Waals surface area contributed by atoms with E-state index in [1.807, 2.05) is 6.26 Å². The molecule has 1 N–H and O–H groups in total. The predicted molar refractivity (Wildman–Crippen MR) is 114 cm³/mol. The monoisotopic (exact) mass is 398 g/mol. The Morgan fingerprint density at radius 2 is 2.03 bits per heavy atom. The van der Waals surface area contributed by atoms with Crippen molar-refractivity contribution < 1.29 is 13.9 Å². The predicted octanol–water partition coefficient (Wildman–Crippen LogP) is 4.62. The van der Waals surface area contributed by atoms with Crippen LogP contribution in [0.2, 0.25) is 0 Å². The molecule has 0 spiro atoms. The summed E-state index contributed by atoms with van der Waals surface area (Å²) < 4.78 is 10.6. The molecule has 1 atom stereocenters. The van der Waals surface area contributed by atoms with Gasteiger partial charge < -0.3 is 14.5 Å². The van der Waals surface area contributed by atoms with Crippen LogP contribution < -0.4 is 5.32 Å². The van der Waals surface area contributed by atoms with Crippen LogP contribution in [-0.2, 0) is 9.53 Å². The van der Waals surface area contributed by atoms with Crippen molar-refractivity contribution in [2.45, 2.75) is 63.5 Å². The zero-order valence-corrected chi connectivity index (χ0v) is 17.6. The molecular formula is C24H34N2O3. The van der Waals surface area contributed by atoms with Gasteiger partial charge in [-0.2, -0.15) is 0 Å². The van der Waals surface area contributed by atoms with E-state index in [-0.39, 0.29) is 12.5 Å². The summed E-state index contributed by atoms with van der Waals surface area (Å²) in [5.74, 6) is 1.79. The van der Waals surface area contributed by atoms with Crippen LogP contribution in [0.4, 0.5) is 0 Å². The van der Waals surface area contributed by atoms with Gasteiger partial charge in [0.2, 0.25) is 5.91 Å². The van der Waals surface area contributed by atoms with E-state index >= 15 is 0 Å². The van der Waals surface area contributed by atoms with Crippen LogP contribution in [0.5, 0.6) is 0 Å². The molecule has 2 fully saturated rings. The fourth-order valence-corrected chi connectivity index (χ4v) is 5.26. The van der Waals surface area contributed by atoms with Crippen LogP contribution in [0.25, 0.3) is 11.3 Å². The highest BCUT2D eigenvalue weighted by atomic mass is 16.5. The quantitative estimate of drug-likeness (QED) is 0.739. The van der Waals surface area contributed by atoms with E-state index in [1.165, 1.54) is 62.7 Å². The molecule has 0 aromatic heterocycles. The highest BCUT2D eigenvalue weighted by Crippen LogP contribution is 2.39. The summed E-state index contributed by atoms with van der Waals surface area (Å²) in [5, 5.41) is 3.11. The molecule has 2 aliphatic carbocycles. The van der Waals surface area contributed by atoms with Crippen LogP contribution in [-0.4, -0.2) is 43.7 Å². The van der Waals surface area contributed by atoms with Crippen molar-refractivity contribution in [2.75, 3.05) is 26.8 Å². The molecule has 1 saturated carbocycles. The maximum Gasteiger partial charge on any atom is 0.246 e. The lowest BCUT2D eigenvalue weighted by atomic mass is 9.83. The molecule has 158 valence electrons. The Kier molecular flexibility index (Phi) is 6.88. The van der Waals surface area contributed by atoms with Crippen LogP contribution >= 0.6 is 0 Å². The van der Waals surface area contributed by atoms with Gasteiger partial charge in [-0.05, 0) is 81.6 Å². The molecule has 1 saturated heterocycles. The second-order valence-electron chi connectivity index (χ2n) is 8.73. The van der Waals surface area contributed by atoms with E-state index in [0.717, 1.165) is 24.5 Å². The van der Waals surface area contributed by atoms with Gasteiger partial charge >= 0.3 is 0 Å². The van der Waals surface area contributed by atoms with Crippen LogP contribution in [0.1, 0.15) is 63.0 Å². The lowest BCUT2D eigenvalue weighted by molar-refractivity contribution is -0.125. The number of hydrogen-bond acceptors (Lipinski definition) is 4. The average molecular weight is 399 g/mol. The Morgan fingerprint density at radius 1 is 1.17 bits per heavy atom. The lowest BCUT2D eigenvalue weighted by Crippen LogP contribution is -2.40. The first-order valence-electron chi connectivity index (χ1n) is 11.2. The topological polar surface area (TPSA) is 54.7 Å². The highest BCUT2D eigenvalue weighted by molar-refractivity contribution is 5.77. The zero-order valence-electron chi connectivity index (χ0n) is 17.6. The van der Waals surface area contributed by atoms with Crippen molar-refractivity contribution in [3.63, 3.8) is 0 Å². The summed E-state index contributed by atoms with van der Waals surface area (Å²) >= 11 is 0. The number of amides is 1. The molecule has 2 heterocycles. The fourth-order valence-electron chi connectivity index (χ4n) is 5.26. The van der Waals surface area contributed by atoms with Gasteiger partial charge in [0.1, 0.15) is 12.4 Å². The van der Waals surface area contributed by atoms with E-state index in [9.17, 15) is 4.79 Å². The fraction of sp³-hybridized carbons (Fsp3) is 0.625. The van der Waals surface area contributed by atoms with Gasteiger partial charge in [-0.1, -0.05) is 18.6 Å². The third-order valence-corrected chi connectivity index (χ3v) is 6.81. The zero-order chi connectivity index (χ0) is 20.1. The van der Waals surface area contributed by atoms with E-state index < -0.39 is 0 Å². The Labute approximate surface area is 174 Å². The van der Waals surface area contributed by atoms with Crippen molar-refractivity contribution >= 4 is 5.91 Å². The van der Waals surface area contributed by atoms with E-state index in [1.54, 1.807) is 7.11 Å². The number of piperidine rings is 1. The van der Waals surface area contributed by atoms with Gasteiger partial charge in [0.15, 0.2) is 0 Å². The summed E-state index contributed by atoms with van der Waals surface area (Å²) in [4.78, 5) is 14.4. The molecule has 29 heavy (non-hydrogen) atoms. The van der Waals surface area contributed by atoms with Crippen molar-refractivity contribution in [2.24, 2.45) is 5.92 Å². The minimum atomic E-state index is 0.0144. The van der Waals surface area contributed by atoms with Crippen molar-refractivity contribution in [3.8, 4) is 11.3 Å². The number of nitrogens with one attached hydrogen (secondary N) is 1. The summed E-state index contributed by atoms with van der Waals surface area (Å²) in [7, 11) is 1.57. The number of hydrogen-bond donors (Lipinski definition) is 1. The molecular weight excluding hydrogens is 364 g/mol. The second kappa shape index (κ2) is 9.77. The van der Waals surface area contributed by atoms with Crippen LogP contribution in [0, 0.1) is 5.92 Å².